The summed E-state index contributed by atoms with van der Waals surface area (Å²) in [5.41, 5.74) is 0. The molecule has 0 aromatic heterocycles. The second-order valence-corrected chi connectivity index (χ2v) is 1.16. The van der Waals surface area contributed by atoms with E-state index in [2.05, 4.69) is 4.74 Å². The van der Waals surface area contributed by atoms with Gasteiger partial charge in [-0.1, -0.05) is 6.92 Å². The first-order valence-corrected chi connectivity index (χ1v) is 2.46. The van der Waals surface area contributed by atoms with Crippen molar-refractivity contribution >= 4 is 5.97 Å². The fourth-order valence-corrected chi connectivity index (χ4v) is 0.263. The minimum Gasteiger partial charge on any atom is -0.466 e. The van der Waals surface area contributed by atoms with E-state index in [1.807, 2.05) is 0 Å². The highest BCUT2D eigenvalue weighted by atomic mass is 19.0. The molecule has 0 aliphatic rings. The summed E-state index contributed by atoms with van der Waals surface area (Å²) >= 11 is 0. The third kappa shape index (κ3) is 5.40. The third-order valence-electron chi connectivity index (χ3n) is 0.594. The molecule has 50 valence electrons. The summed E-state index contributed by atoms with van der Waals surface area (Å²) < 4.78 is 4.55. The van der Waals surface area contributed by atoms with Gasteiger partial charge < -0.3 is 4.74 Å². The maximum Gasteiger partial charge on any atom is 0.305 e. The molecule has 0 amide bonds. The lowest BCUT2D eigenvalue weighted by molar-refractivity contribution is -0.142. The van der Waals surface area contributed by atoms with E-state index in [1.54, 1.807) is 13.8 Å². The molecule has 0 rings (SSSR count). The monoisotopic (exact) mass is 122 g/mol. The number of halogens is 1. The average Bonchev–Trinajstić information content (AvgIpc) is 1.68. The van der Waals surface area contributed by atoms with Crippen LogP contribution in [0.15, 0.2) is 0 Å². The number of esters is 1. The Kier molecular flexibility index (Phi) is 8.32. The topological polar surface area (TPSA) is 26.3 Å². The van der Waals surface area contributed by atoms with Crippen molar-refractivity contribution in [2.45, 2.75) is 20.3 Å². The number of hydrogen-bond acceptors (Lipinski definition) is 2. The Morgan fingerprint density at radius 3 is 2.12 bits per heavy atom. The van der Waals surface area contributed by atoms with Gasteiger partial charge in [0.2, 0.25) is 0 Å². The van der Waals surface area contributed by atoms with Gasteiger partial charge in [0.15, 0.2) is 0 Å². The van der Waals surface area contributed by atoms with Crippen LogP contribution in [0.2, 0.25) is 0 Å². The molecule has 0 heterocycles. The summed E-state index contributed by atoms with van der Waals surface area (Å²) in [4.78, 5) is 10.2. The highest BCUT2D eigenvalue weighted by Gasteiger charge is 1.91. The van der Waals surface area contributed by atoms with Crippen LogP contribution in [0.5, 0.6) is 0 Å². The summed E-state index contributed by atoms with van der Waals surface area (Å²) in [5, 5.41) is 0. The van der Waals surface area contributed by atoms with E-state index >= 15 is 0 Å². The molecule has 0 N–H and O–H groups in total. The first-order valence-electron chi connectivity index (χ1n) is 2.46. The molecule has 0 saturated heterocycles. The number of rotatable bonds is 2. The Morgan fingerprint density at radius 1 is 1.50 bits per heavy atom. The van der Waals surface area contributed by atoms with Gasteiger partial charge in [-0.25, -0.2) is 0 Å². The lowest BCUT2D eigenvalue weighted by Gasteiger charge is -1.93. The summed E-state index contributed by atoms with van der Waals surface area (Å²) in [5.74, 6) is -0.123. The predicted molar refractivity (Wildman–Crippen MR) is 29.4 cm³/mol. The first-order chi connectivity index (χ1) is 3.31. The molecule has 8 heavy (non-hydrogen) atoms. The van der Waals surface area contributed by atoms with Crippen molar-refractivity contribution in [3.63, 3.8) is 0 Å². The zero-order valence-electron chi connectivity index (χ0n) is 5.14. The Labute approximate surface area is 48.2 Å². The highest BCUT2D eigenvalue weighted by Crippen LogP contribution is 1.80. The van der Waals surface area contributed by atoms with Gasteiger partial charge in [-0.2, -0.15) is 0 Å². The van der Waals surface area contributed by atoms with Crippen molar-refractivity contribution in [1.29, 1.82) is 0 Å². The van der Waals surface area contributed by atoms with Crippen molar-refractivity contribution in [2.75, 3.05) is 6.61 Å². The van der Waals surface area contributed by atoms with Crippen LogP contribution in [0.25, 0.3) is 0 Å². The molecule has 3 heteroatoms. The van der Waals surface area contributed by atoms with Gasteiger partial charge >= 0.3 is 5.97 Å². The lowest BCUT2D eigenvalue weighted by atomic mass is 10.5. The zero-order valence-corrected chi connectivity index (χ0v) is 5.14. The molecular formula is C5H11FO2. The van der Waals surface area contributed by atoms with Crippen LogP contribution >= 0.6 is 0 Å². The summed E-state index contributed by atoms with van der Waals surface area (Å²) in [7, 11) is 0. The molecular weight excluding hydrogens is 111 g/mol. The number of ether oxygens (including phenoxy) is 1. The lowest BCUT2D eigenvalue weighted by Crippen LogP contribution is -2.00. The second kappa shape index (κ2) is 6.40. The summed E-state index contributed by atoms with van der Waals surface area (Å²) in [6.45, 7) is 4.07. The molecule has 0 spiro atoms. The van der Waals surface area contributed by atoms with Gasteiger partial charge in [0.1, 0.15) is 0 Å². The van der Waals surface area contributed by atoms with Gasteiger partial charge in [-0.3, -0.25) is 9.50 Å². The Bertz CT molecular complexity index is 63.4. The maximum absolute atomic E-state index is 10.2. The largest absolute Gasteiger partial charge is 0.466 e. The fraction of sp³-hybridized carbons (Fsp3) is 0.800. The van der Waals surface area contributed by atoms with Crippen LogP contribution < -0.4 is 0 Å². The van der Waals surface area contributed by atoms with E-state index in [-0.39, 0.29) is 10.7 Å². The van der Waals surface area contributed by atoms with Crippen molar-refractivity contribution in [3.8, 4) is 0 Å². The Morgan fingerprint density at radius 2 is 2.00 bits per heavy atom. The van der Waals surface area contributed by atoms with Gasteiger partial charge in [0.25, 0.3) is 0 Å². The van der Waals surface area contributed by atoms with E-state index in [4.69, 9.17) is 0 Å². The maximum atomic E-state index is 10.2. The number of carbonyl (C=O) groups excluding carboxylic acids is 1. The van der Waals surface area contributed by atoms with E-state index in [9.17, 15) is 4.79 Å². The van der Waals surface area contributed by atoms with Crippen LogP contribution in [-0.4, -0.2) is 12.6 Å². The molecule has 0 unspecified atom stereocenters. The Hall–Kier alpha value is -0.600. The van der Waals surface area contributed by atoms with E-state index in [1.165, 1.54) is 0 Å². The fourth-order valence-electron chi connectivity index (χ4n) is 0.263. The highest BCUT2D eigenvalue weighted by molar-refractivity contribution is 5.68. The summed E-state index contributed by atoms with van der Waals surface area (Å²) in [6, 6.07) is 0. The van der Waals surface area contributed by atoms with Crippen molar-refractivity contribution in [3.05, 3.63) is 0 Å². The number of hydrogen-bond donors (Lipinski definition) is 0. The molecule has 0 aliphatic carbocycles. The minimum atomic E-state index is -0.123. The van der Waals surface area contributed by atoms with Gasteiger partial charge in [-0.05, 0) is 6.92 Å². The zero-order chi connectivity index (χ0) is 5.70. The van der Waals surface area contributed by atoms with Crippen LogP contribution in [0.4, 0.5) is 4.70 Å². The molecule has 0 aromatic rings. The molecule has 0 atom stereocenters. The van der Waals surface area contributed by atoms with Gasteiger partial charge in [0, 0.05) is 6.42 Å². The van der Waals surface area contributed by atoms with Gasteiger partial charge in [-0.15, -0.1) is 0 Å². The Balaban J connectivity index is 0. The van der Waals surface area contributed by atoms with E-state index in [0.29, 0.717) is 13.0 Å². The van der Waals surface area contributed by atoms with Gasteiger partial charge in [0.05, 0.1) is 6.61 Å². The molecule has 0 aliphatic heterocycles. The number of carbonyl (C=O) groups is 1. The quantitative estimate of drug-likeness (QED) is 0.513. The normalized spacial score (nSPS) is 7.25. The van der Waals surface area contributed by atoms with Crippen LogP contribution in [0, 0.1) is 0 Å². The van der Waals surface area contributed by atoms with Crippen LogP contribution in [-0.2, 0) is 9.53 Å². The third-order valence-corrected chi connectivity index (χ3v) is 0.594. The molecule has 0 aromatic carbocycles. The van der Waals surface area contributed by atoms with E-state index < -0.39 is 0 Å². The standard InChI is InChI=1S/C5H10O2.FH/c1-3-5(6)7-4-2;/h3-4H2,1-2H3;1H. The molecule has 0 saturated carbocycles. The molecule has 0 radical (unpaired) electrons. The average molecular weight is 122 g/mol. The van der Waals surface area contributed by atoms with Crippen molar-refractivity contribution in [2.24, 2.45) is 0 Å². The van der Waals surface area contributed by atoms with E-state index in [0.717, 1.165) is 0 Å². The predicted octanol–water partition coefficient (Wildman–Crippen LogP) is 1.11. The van der Waals surface area contributed by atoms with Crippen LogP contribution in [0.1, 0.15) is 20.3 Å². The van der Waals surface area contributed by atoms with Crippen molar-refractivity contribution in [1.82, 2.24) is 0 Å². The molecule has 0 bridgehead atoms. The first kappa shape index (κ1) is 10.4. The second-order valence-electron chi connectivity index (χ2n) is 1.16. The molecule has 2 nitrogen and oxygen atoms in total. The minimum absolute atomic E-state index is 0. The summed E-state index contributed by atoms with van der Waals surface area (Å²) in [6.07, 6.45) is 0.480. The van der Waals surface area contributed by atoms with Crippen molar-refractivity contribution < 1.29 is 14.2 Å². The molecule has 0 fully saturated rings. The smallest absolute Gasteiger partial charge is 0.305 e. The SMILES string of the molecule is CCOC(=O)CC.F. The van der Waals surface area contributed by atoms with Crippen LogP contribution in [0.3, 0.4) is 0 Å².